The van der Waals surface area contributed by atoms with Gasteiger partial charge in [-0.05, 0) is 47.0 Å². The van der Waals surface area contributed by atoms with Gasteiger partial charge < -0.3 is 9.80 Å². The molecule has 0 radical (unpaired) electrons. The highest BCUT2D eigenvalue weighted by molar-refractivity contribution is 7.13. The Labute approximate surface area is 193 Å². The Morgan fingerprint density at radius 3 is 2.62 bits per heavy atom. The molecule has 1 unspecified atom stereocenters. The van der Waals surface area contributed by atoms with Gasteiger partial charge in [0.05, 0.1) is 12.3 Å². The van der Waals surface area contributed by atoms with Crippen molar-refractivity contribution < 1.29 is 9.59 Å². The summed E-state index contributed by atoms with van der Waals surface area (Å²) in [6.07, 6.45) is 5.31. The third-order valence-electron chi connectivity index (χ3n) is 5.91. The van der Waals surface area contributed by atoms with Gasteiger partial charge >= 0.3 is 0 Å². The quantitative estimate of drug-likeness (QED) is 0.543. The molecule has 1 aliphatic heterocycles. The van der Waals surface area contributed by atoms with Crippen molar-refractivity contribution in [3.63, 3.8) is 0 Å². The molecular formula is C26H29N3O2S. The standard InChI is InChI=1S/C26H29N3O2S/c1-2-12-28-13-14-29(25(30)17-21-5-3-11-27-18-21)19-23(26(28)31)16-20-7-9-22(10-8-20)24-6-4-15-32-24/h3-11,15,18,23H,2,12-14,16-17,19H2,1H3. The minimum Gasteiger partial charge on any atom is -0.341 e. The van der Waals surface area contributed by atoms with Crippen molar-refractivity contribution >= 4 is 23.2 Å². The van der Waals surface area contributed by atoms with Crippen LogP contribution in [0.5, 0.6) is 0 Å². The van der Waals surface area contributed by atoms with E-state index < -0.39 is 0 Å². The number of carbonyl (C=O) groups excluding carboxylic acids is 2. The van der Waals surface area contributed by atoms with Crippen LogP contribution in [-0.4, -0.2) is 52.8 Å². The predicted octanol–water partition coefficient (Wildman–Crippen LogP) is 4.29. The molecule has 0 N–H and O–H groups in total. The molecule has 3 aromatic rings. The summed E-state index contributed by atoms with van der Waals surface area (Å²) in [6, 6.07) is 16.4. The van der Waals surface area contributed by atoms with Crippen LogP contribution >= 0.6 is 11.3 Å². The van der Waals surface area contributed by atoms with Gasteiger partial charge in [0.2, 0.25) is 11.8 Å². The number of benzene rings is 1. The van der Waals surface area contributed by atoms with Gasteiger partial charge in [0.1, 0.15) is 0 Å². The Kier molecular flexibility index (Phi) is 7.32. The molecule has 1 atom stereocenters. The monoisotopic (exact) mass is 447 g/mol. The lowest BCUT2D eigenvalue weighted by atomic mass is 9.96. The number of aromatic nitrogens is 1. The van der Waals surface area contributed by atoms with Gasteiger partial charge in [0, 0.05) is 43.4 Å². The van der Waals surface area contributed by atoms with E-state index in [0.29, 0.717) is 32.5 Å². The van der Waals surface area contributed by atoms with E-state index >= 15 is 0 Å². The number of hydrogen-bond donors (Lipinski definition) is 0. The van der Waals surface area contributed by atoms with Crippen molar-refractivity contribution in [2.45, 2.75) is 26.2 Å². The molecule has 0 aliphatic carbocycles. The van der Waals surface area contributed by atoms with Crippen LogP contribution in [0, 0.1) is 5.92 Å². The topological polar surface area (TPSA) is 53.5 Å². The molecule has 0 spiro atoms. The second kappa shape index (κ2) is 10.6. The number of nitrogens with zero attached hydrogens (tertiary/aromatic N) is 3. The van der Waals surface area contributed by atoms with Crippen LogP contribution in [0.2, 0.25) is 0 Å². The van der Waals surface area contributed by atoms with Crippen molar-refractivity contribution in [2.24, 2.45) is 5.92 Å². The van der Waals surface area contributed by atoms with E-state index in [1.54, 1.807) is 23.7 Å². The summed E-state index contributed by atoms with van der Waals surface area (Å²) < 4.78 is 0. The van der Waals surface area contributed by atoms with Crippen LogP contribution in [0.1, 0.15) is 24.5 Å². The zero-order valence-electron chi connectivity index (χ0n) is 18.4. The Bertz CT molecular complexity index is 1020. The highest BCUT2D eigenvalue weighted by Crippen LogP contribution is 2.26. The van der Waals surface area contributed by atoms with Crippen molar-refractivity contribution in [3.8, 4) is 10.4 Å². The number of thiophene rings is 1. The maximum absolute atomic E-state index is 13.3. The largest absolute Gasteiger partial charge is 0.341 e. The van der Waals surface area contributed by atoms with Crippen LogP contribution in [0.15, 0.2) is 66.3 Å². The van der Waals surface area contributed by atoms with Crippen molar-refractivity contribution in [3.05, 3.63) is 77.4 Å². The van der Waals surface area contributed by atoms with Gasteiger partial charge in [0.25, 0.3) is 0 Å². The Morgan fingerprint density at radius 2 is 1.94 bits per heavy atom. The van der Waals surface area contributed by atoms with Crippen LogP contribution in [0.3, 0.4) is 0 Å². The Balaban J connectivity index is 1.49. The molecule has 3 heterocycles. The lowest BCUT2D eigenvalue weighted by molar-refractivity contribution is -0.135. The molecule has 1 aliphatic rings. The van der Waals surface area contributed by atoms with Crippen molar-refractivity contribution in [1.82, 2.24) is 14.8 Å². The lowest BCUT2D eigenvalue weighted by Crippen LogP contribution is -2.38. The van der Waals surface area contributed by atoms with Gasteiger partial charge in [0.15, 0.2) is 0 Å². The van der Waals surface area contributed by atoms with Gasteiger partial charge in [-0.15, -0.1) is 11.3 Å². The number of carbonyl (C=O) groups is 2. The second-order valence-corrected chi connectivity index (χ2v) is 9.23. The van der Waals surface area contributed by atoms with E-state index in [1.165, 1.54) is 10.4 Å². The molecule has 1 fully saturated rings. The number of rotatable bonds is 7. The summed E-state index contributed by atoms with van der Waals surface area (Å²) in [7, 11) is 0. The molecule has 2 amide bonds. The molecule has 6 heteroatoms. The number of hydrogen-bond acceptors (Lipinski definition) is 4. The Hall–Kier alpha value is -2.99. The average molecular weight is 448 g/mol. The first kappa shape index (κ1) is 22.2. The maximum atomic E-state index is 13.3. The van der Waals surface area contributed by atoms with Gasteiger partial charge in [-0.1, -0.05) is 43.3 Å². The smallest absolute Gasteiger partial charge is 0.227 e. The molecule has 166 valence electrons. The van der Waals surface area contributed by atoms with Gasteiger partial charge in [-0.2, -0.15) is 0 Å². The SMILES string of the molecule is CCCN1CCN(C(=O)Cc2cccnc2)CC(Cc2ccc(-c3cccs3)cc2)C1=O. The molecular weight excluding hydrogens is 418 g/mol. The molecule has 4 rings (SSSR count). The predicted molar refractivity (Wildman–Crippen MR) is 128 cm³/mol. The normalized spacial score (nSPS) is 16.8. The fourth-order valence-electron chi connectivity index (χ4n) is 4.24. The summed E-state index contributed by atoms with van der Waals surface area (Å²) in [6.45, 7) is 4.46. The molecule has 1 aromatic carbocycles. The lowest BCUT2D eigenvalue weighted by Gasteiger charge is -2.24. The van der Waals surface area contributed by atoms with Crippen LogP contribution < -0.4 is 0 Å². The average Bonchev–Trinajstić information content (AvgIpc) is 3.31. The first-order chi connectivity index (χ1) is 15.6. The number of pyridine rings is 1. The molecule has 0 saturated carbocycles. The fourth-order valence-corrected chi connectivity index (χ4v) is 4.97. The van der Waals surface area contributed by atoms with E-state index in [0.717, 1.165) is 24.1 Å². The minimum atomic E-state index is -0.227. The second-order valence-electron chi connectivity index (χ2n) is 8.28. The fraction of sp³-hybridized carbons (Fsp3) is 0.346. The van der Waals surface area contributed by atoms with Gasteiger partial charge in [-0.3, -0.25) is 14.6 Å². The first-order valence-corrected chi connectivity index (χ1v) is 12.1. The van der Waals surface area contributed by atoms with Crippen LogP contribution in [0.4, 0.5) is 0 Å². The zero-order valence-corrected chi connectivity index (χ0v) is 19.3. The van der Waals surface area contributed by atoms with Gasteiger partial charge in [-0.25, -0.2) is 0 Å². The minimum absolute atomic E-state index is 0.0576. The first-order valence-electron chi connectivity index (χ1n) is 11.2. The summed E-state index contributed by atoms with van der Waals surface area (Å²) in [5.74, 6) is -0.0115. The number of amides is 2. The zero-order chi connectivity index (χ0) is 22.3. The van der Waals surface area contributed by atoms with Crippen LogP contribution in [-0.2, 0) is 22.4 Å². The van der Waals surface area contributed by atoms with Crippen LogP contribution in [0.25, 0.3) is 10.4 Å². The third-order valence-corrected chi connectivity index (χ3v) is 6.83. The highest BCUT2D eigenvalue weighted by atomic mass is 32.1. The summed E-state index contributed by atoms with van der Waals surface area (Å²) in [5.41, 5.74) is 3.22. The summed E-state index contributed by atoms with van der Waals surface area (Å²) in [4.78, 5) is 35.5. The highest BCUT2D eigenvalue weighted by Gasteiger charge is 2.32. The Morgan fingerprint density at radius 1 is 1.09 bits per heavy atom. The van der Waals surface area contributed by atoms with E-state index in [-0.39, 0.29) is 17.7 Å². The molecule has 5 nitrogen and oxygen atoms in total. The van der Waals surface area contributed by atoms with E-state index in [2.05, 4.69) is 53.7 Å². The molecule has 0 bridgehead atoms. The molecule has 32 heavy (non-hydrogen) atoms. The molecule has 2 aromatic heterocycles. The van der Waals surface area contributed by atoms with Crippen molar-refractivity contribution in [1.29, 1.82) is 0 Å². The summed E-state index contributed by atoms with van der Waals surface area (Å²) >= 11 is 1.72. The maximum Gasteiger partial charge on any atom is 0.227 e. The van der Waals surface area contributed by atoms with E-state index in [9.17, 15) is 9.59 Å². The van der Waals surface area contributed by atoms with E-state index in [4.69, 9.17) is 0 Å². The van der Waals surface area contributed by atoms with Crippen molar-refractivity contribution in [2.75, 3.05) is 26.2 Å². The summed E-state index contributed by atoms with van der Waals surface area (Å²) in [5, 5.41) is 2.08. The molecule has 1 saturated heterocycles. The third kappa shape index (κ3) is 5.43. The van der Waals surface area contributed by atoms with E-state index in [1.807, 2.05) is 21.9 Å².